The quantitative estimate of drug-likeness (QED) is 0.494. The van der Waals surface area contributed by atoms with E-state index in [-0.39, 0.29) is 6.03 Å². The Bertz CT molecular complexity index is 1190. The number of nitrogens with one attached hydrogen (secondary N) is 2. The van der Waals surface area contributed by atoms with Gasteiger partial charge >= 0.3 is 6.03 Å². The molecule has 0 atom stereocenters. The van der Waals surface area contributed by atoms with Crippen molar-refractivity contribution in [2.24, 2.45) is 0 Å². The van der Waals surface area contributed by atoms with Gasteiger partial charge in [-0.2, -0.15) is 0 Å². The van der Waals surface area contributed by atoms with Crippen LogP contribution in [0.25, 0.3) is 16.9 Å². The van der Waals surface area contributed by atoms with Gasteiger partial charge in [0, 0.05) is 47.5 Å². The summed E-state index contributed by atoms with van der Waals surface area (Å²) in [7, 11) is 3.12. The number of imidazole rings is 1. The highest BCUT2D eigenvalue weighted by molar-refractivity contribution is 6.00. The van der Waals surface area contributed by atoms with Gasteiger partial charge in [0.25, 0.3) is 0 Å². The van der Waals surface area contributed by atoms with Crippen molar-refractivity contribution < 1.29 is 14.3 Å². The van der Waals surface area contributed by atoms with Gasteiger partial charge in [0.1, 0.15) is 17.1 Å². The second kappa shape index (κ2) is 8.16. The summed E-state index contributed by atoms with van der Waals surface area (Å²) >= 11 is 0. The summed E-state index contributed by atoms with van der Waals surface area (Å²) in [5.74, 6) is 1.18. The SMILES string of the molecule is COc1cc(NC(=O)Nc2cccc(-c3cn4cccc(C)c4n3)c2)cc(OC)c1. The molecule has 0 aliphatic rings. The molecule has 7 heteroatoms. The number of nitrogens with zero attached hydrogens (tertiary/aromatic N) is 2. The number of carbonyl (C=O) groups is 1. The number of carbonyl (C=O) groups excluding carboxylic acids is 1. The van der Waals surface area contributed by atoms with Crippen LogP contribution in [0.2, 0.25) is 0 Å². The first-order valence-electron chi connectivity index (χ1n) is 9.41. The van der Waals surface area contributed by atoms with Crippen LogP contribution in [0.3, 0.4) is 0 Å². The number of anilines is 2. The van der Waals surface area contributed by atoms with Gasteiger partial charge in [-0.25, -0.2) is 9.78 Å². The minimum absolute atomic E-state index is 0.367. The van der Waals surface area contributed by atoms with Crippen molar-refractivity contribution in [2.45, 2.75) is 6.92 Å². The Morgan fingerprint density at radius 3 is 2.37 bits per heavy atom. The molecule has 0 radical (unpaired) electrons. The first-order valence-corrected chi connectivity index (χ1v) is 9.41. The highest BCUT2D eigenvalue weighted by Crippen LogP contribution is 2.26. The number of methoxy groups -OCH3 is 2. The molecule has 2 heterocycles. The zero-order valence-corrected chi connectivity index (χ0v) is 17.0. The Morgan fingerprint density at radius 1 is 0.933 bits per heavy atom. The number of hydrogen-bond acceptors (Lipinski definition) is 4. The third-order valence-corrected chi connectivity index (χ3v) is 4.70. The van der Waals surface area contributed by atoms with E-state index in [0.717, 1.165) is 22.5 Å². The highest BCUT2D eigenvalue weighted by atomic mass is 16.5. The molecule has 152 valence electrons. The molecule has 4 aromatic rings. The molecule has 0 unspecified atom stereocenters. The van der Waals surface area contributed by atoms with Crippen molar-refractivity contribution in [1.29, 1.82) is 0 Å². The monoisotopic (exact) mass is 402 g/mol. The van der Waals surface area contributed by atoms with Crippen LogP contribution in [0, 0.1) is 6.92 Å². The maximum absolute atomic E-state index is 12.5. The predicted molar refractivity (Wildman–Crippen MR) is 118 cm³/mol. The van der Waals surface area contributed by atoms with Crippen molar-refractivity contribution in [3.8, 4) is 22.8 Å². The van der Waals surface area contributed by atoms with Gasteiger partial charge < -0.3 is 24.5 Å². The summed E-state index contributed by atoms with van der Waals surface area (Å²) in [6.07, 6.45) is 3.95. The van der Waals surface area contributed by atoms with Crippen molar-refractivity contribution in [3.05, 3.63) is 72.6 Å². The zero-order chi connectivity index (χ0) is 21.1. The summed E-state index contributed by atoms with van der Waals surface area (Å²) in [6, 6.07) is 16.4. The second-order valence-electron chi connectivity index (χ2n) is 6.81. The number of urea groups is 1. The maximum Gasteiger partial charge on any atom is 0.323 e. The zero-order valence-electron chi connectivity index (χ0n) is 17.0. The Labute approximate surface area is 174 Å². The average Bonchev–Trinajstić information content (AvgIpc) is 3.19. The van der Waals surface area contributed by atoms with Crippen LogP contribution in [-0.2, 0) is 0 Å². The van der Waals surface area contributed by atoms with Crippen LogP contribution in [0.15, 0.2) is 67.0 Å². The third kappa shape index (κ3) is 4.05. The van der Waals surface area contributed by atoms with E-state index in [4.69, 9.17) is 14.5 Å². The minimum atomic E-state index is -0.367. The molecule has 0 fully saturated rings. The molecular weight excluding hydrogens is 380 g/mol. The molecule has 0 aliphatic heterocycles. The van der Waals surface area contributed by atoms with E-state index in [0.29, 0.717) is 22.9 Å². The summed E-state index contributed by atoms with van der Waals surface area (Å²) in [4.78, 5) is 17.2. The lowest BCUT2D eigenvalue weighted by Crippen LogP contribution is -2.19. The van der Waals surface area contributed by atoms with E-state index in [1.165, 1.54) is 0 Å². The lowest BCUT2D eigenvalue weighted by molar-refractivity contribution is 0.262. The normalized spacial score (nSPS) is 10.6. The minimum Gasteiger partial charge on any atom is -0.497 e. The fourth-order valence-corrected chi connectivity index (χ4v) is 3.22. The molecular formula is C23H22N4O3. The Kier molecular flexibility index (Phi) is 5.26. The lowest BCUT2D eigenvalue weighted by Gasteiger charge is -2.11. The number of amides is 2. The number of fused-ring (bicyclic) bond motifs is 1. The Balaban J connectivity index is 1.53. The summed E-state index contributed by atoms with van der Waals surface area (Å²) in [6.45, 7) is 2.03. The fraction of sp³-hybridized carbons (Fsp3) is 0.130. The number of rotatable bonds is 5. The lowest BCUT2D eigenvalue weighted by atomic mass is 10.1. The number of ether oxygens (including phenoxy) is 2. The van der Waals surface area contributed by atoms with Crippen molar-refractivity contribution in [2.75, 3.05) is 24.9 Å². The van der Waals surface area contributed by atoms with Crippen molar-refractivity contribution in [1.82, 2.24) is 9.38 Å². The molecule has 0 saturated heterocycles. The van der Waals surface area contributed by atoms with Crippen LogP contribution in [0.4, 0.5) is 16.2 Å². The third-order valence-electron chi connectivity index (χ3n) is 4.70. The van der Waals surface area contributed by atoms with Crippen LogP contribution in [0.1, 0.15) is 5.56 Å². The van der Waals surface area contributed by atoms with Crippen LogP contribution < -0.4 is 20.1 Å². The number of pyridine rings is 1. The molecule has 0 spiro atoms. The molecule has 0 bridgehead atoms. The largest absolute Gasteiger partial charge is 0.497 e. The number of benzene rings is 2. The molecule has 30 heavy (non-hydrogen) atoms. The highest BCUT2D eigenvalue weighted by Gasteiger charge is 2.09. The maximum atomic E-state index is 12.5. The molecule has 2 aromatic carbocycles. The van der Waals surface area contributed by atoms with Gasteiger partial charge in [-0.3, -0.25) is 0 Å². The van der Waals surface area contributed by atoms with Crippen molar-refractivity contribution >= 4 is 23.1 Å². The molecule has 2 N–H and O–H groups in total. The summed E-state index contributed by atoms with van der Waals surface area (Å²) < 4.78 is 12.5. The van der Waals surface area contributed by atoms with E-state index in [1.807, 2.05) is 60.1 Å². The Hall–Kier alpha value is -4.00. The van der Waals surface area contributed by atoms with Gasteiger partial charge in [-0.15, -0.1) is 0 Å². The van der Waals surface area contributed by atoms with Crippen molar-refractivity contribution in [3.63, 3.8) is 0 Å². The number of hydrogen-bond donors (Lipinski definition) is 2. The molecule has 0 saturated carbocycles. The second-order valence-corrected chi connectivity index (χ2v) is 6.81. The topological polar surface area (TPSA) is 76.9 Å². The summed E-state index contributed by atoms with van der Waals surface area (Å²) in [5.41, 5.74) is 5.00. The molecule has 4 rings (SSSR count). The Morgan fingerprint density at radius 2 is 1.67 bits per heavy atom. The van der Waals surface area contributed by atoms with E-state index in [2.05, 4.69) is 10.6 Å². The molecule has 0 aliphatic carbocycles. The smallest absolute Gasteiger partial charge is 0.323 e. The molecule has 2 amide bonds. The van der Waals surface area contributed by atoms with E-state index < -0.39 is 0 Å². The van der Waals surface area contributed by atoms with Gasteiger partial charge in [0.2, 0.25) is 0 Å². The van der Waals surface area contributed by atoms with Gasteiger partial charge in [0.15, 0.2) is 0 Å². The average molecular weight is 402 g/mol. The number of aryl methyl sites for hydroxylation is 1. The standard InChI is InChI=1S/C23H22N4O3/c1-15-6-5-9-27-14-21(26-22(15)27)16-7-4-8-17(10-16)24-23(28)25-18-11-19(29-2)13-20(12-18)30-3/h4-14H,1-3H3,(H2,24,25,28). The fourth-order valence-electron chi connectivity index (χ4n) is 3.22. The van der Waals surface area contributed by atoms with E-state index >= 15 is 0 Å². The van der Waals surface area contributed by atoms with E-state index in [9.17, 15) is 4.79 Å². The van der Waals surface area contributed by atoms with Gasteiger partial charge in [-0.1, -0.05) is 18.2 Å². The first-order chi connectivity index (χ1) is 14.6. The van der Waals surface area contributed by atoms with E-state index in [1.54, 1.807) is 32.4 Å². The predicted octanol–water partition coefficient (Wildman–Crippen LogP) is 4.97. The van der Waals surface area contributed by atoms with Gasteiger partial charge in [0.05, 0.1) is 19.9 Å². The van der Waals surface area contributed by atoms with Crippen LogP contribution in [-0.4, -0.2) is 29.6 Å². The summed E-state index contributed by atoms with van der Waals surface area (Å²) in [5, 5.41) is 5.65. The molecule has 7 nitrogen and oxygen atoms in total. The van der Waals surface area contributed by atoms with Gasteiger partial charge in [-0.05, 0) is 30.7 Å². The number of aromatic nitrogens is 2. The molecule has 2 aromatic heterocycles. The van der Waals surface area contributed by atoms with Crippen LogP contribution >= 0.6 is 0 Å². The van der Waals surface area contributed by atoms with Crippen LogP contribution in [0.5, 0.6) is 11.5 Å². The first kappa shape index (κ1) is 19.3.